The lowest BCUT2D eigenvalue weighted by atomic mass is 9.87. The quantitative estimate of drug-likeness (QED) is 0.0346. The van der Waals surface area contributed by atoms with E-state index in [9.17, 15) is 4.79 Å². The van der Waals surface area contributed by atoms with Gasteiger partial charge in [-0.1, -0.05) is 216 Å². The Morgan fingerprint density at radius 1 is 0.418 bits per heavy atom. The molecule has 5 heteroatoms. The minimum atomic E-state index is 0.0860. The predicted molar refractivity (Wildman–Crippen MR) is 294 cm³/mol. The Hall–Kier alpha value is -1.65. The molecule has 5 nitrogen and oxygen atoms in total. The molecule has 0 aromatic heterocycles. The lowest BCUT2D eigenvalue weighted by Crippen LogP contribution is -2.23. The Kier molecular flexibility index (Phi) is 43.0. The van der Waals surface area contributed by atoms with Crippen LogP contribution in [0.2, 0.25) is 0 Å². The van der Waals surface area contributed by atoms with Gasteiger partial charge in [0.25, 0.3) is 0 Å². The zero-order valence-corrected chi connectivity index (χ0v) is 47.0. The number of allylic oxidation sites excluding steroid dienone is 3. The summed E-state index contributed by atoms with van der Waals surface area (Å²) in [7, 11) is 0. The number of unbranched alkanes of at least 4 members (excludes halogenated alkanes) is 20. The van der Waals surface area contributed by atoms with E-state index in [1.807, 2.05) is 0 Å². The van der Waals surface area contributed by atoms with Crippen LogP contribution < -0.4 is 0 Å². The molecular weight excluding hydrogens is 823 g/mol. The summed E-state index contributed by atoms with van der Waals surface area (Å²) in [5, 5.41) is 0. The molecule has 0 aromatic carbocycles. The molecule has 0 bridgehead atoms. The van der Waals surface area contributed by atoms with Crippen molar-refractivity contribution >= 4 is 5.97 Å². The van der Waals surface area contributed by atoms with Gasteiger partial charge in [0.15, 0.2) is 5.88 Å². The first-order chi connectivity index (χ1) is 32.9. The van der Waals surface area contributed by atoms with E-state index in [1.54, 1.807) is 11.1 Å². The molecule has 396 valence electrons. The molecule has 3 rings (SSSR count). The van der Waals surface area contributed by atoms with Crippen LogP contribution >= 0.6 is 0 Å². The van der Waals surface area contributed by atoms with E-state index in [2.05, 4.69) is 67.2 Å². The van der Waals surface area contributed by atoms with E-state index in [4.69, 9.17) is 14.2 Å². The molecule has 4 unspecified atom stereocenters. The van der Waals surface area contributed by atoms with E-state index >= 15 is 0 Å². The summed E-state index contributed by atoms with van der Waals surface area (Å²) in [6.45, 7) is 24.6. The smallest absolute Gasteiger partial charge is 0.308 e. The molecule has 0 radical (unpaired) electrons. The van der Waals surface area contributed by atoms with E-state index in [0.29, 0.717) is 24.4 Å². The number of likely N-dealkylation sites (tertiary alicyclic amines) is 1. The van der Waals surface area contributed by atoms with Crippen molar-refractivity contribution in [2.75, 3.05) is 32.9 Å². The summed E-state index contributed by atoms with van der Waals surface area (Å²) in [6, 6.07) is 0. The minimum Gasteiger partial charge on any atom is -0.498 e. The van der Waals surface area contributed by atoms with Crippen LogP contribution in [-0.4, -0.2) is 43.8 Å². The highest BCUT2D eigenvalue weighted by Crippen LogP contribution is 2.41. The predicted octanol–water partition coefficient (Wildman–Crippen LogP) is 20.2. The van der Waals surface area contributed by atoms with Crippen LogP contribution in [0.15, 0.2) is 22.8 Å². The Morgan fingerprint density at radius 3 is 1.21 bits per heavy atom. The lowest BCUT2D eigenvalue weighted by Gasteiger charge is -2.23. The molecule has 3 aliphatic rings. The van der Waals surface area contributed by atoms with Gasteiger partial charge in [-0.2, -0.15) is 0 Å². The highest BCUT2D eigenvalue weighted by atomic mass is 16.5. The van der Waals surface area contributed by atoms with Crippen molar-refractivity contribution in [2.24, 2.45) is 23.7 Å². The van der Waals surface area contributed by atoms with Crippen LogP contribution in [0.1, 0.15) is 313 Å². The number of nitrogens with zero attached hydrogens (tertiary/aromatic N) is 1. The van der Waals surface area contributed by atoms with E-state index in [1.165, 1.54) is 217 Å². The van der Waals surface area contributed by atoms with Crippen molar-refractivity contribution < 1.29 is 19.0 Å². The highest BCUT2D eigenvalue weighted by Gasteiger charge is 2.36. The standard InChI is InChI=1S/C55H101NO4.C4H10.C3H8/c1-6-11-16-20-22-26-33-47(32-24-18-13-8-3)53(48-38-39-48)58-43-30-28-36-51-45-56(54(49-40-41-49)59-42-15-10-5)46-52(51)37-29-31-44-60-55(57)50(34-25-19-14-9-4)35-27-23-21-17-12-7-2;1-3-4-2;1-3-2/h47,50-52H,6-46H2,1-5H3;3-4H2,1-2H3;3H2,1-2H3. The Labute approximate surface area is 420 Å². The van der Waals surface area contributed by atoms with Gasteiger partial charge >= 0.3 is 5.97 Å². The molecule has 67 heavy (non-hydrogen) atoms. The summed E-state index contributed by atoms with van der Waals surface area (Å²) < 4.78 is 19.4. The topological polar surface area (TPSA) is 48.0 Å². The third-order valence-electron chi connectivity index (χ3n) is 14.5. The van der Waals surface area contributed by atoms with E-state index in [0.717, 1.165) is 71.2 Å². The van der Waals surface area contributed by atoms with Crippen LogP contribution in [0, 0.1) is 23.7 Å². The summed E-state index contributed by atoms with van der Waals surface area (Å²) in [6.07, 6.45) is 49.1. The minimum absolute atomic E-state index is 0.0860. The fraction of sp³-hybridized carbons (Fsp3) is 0.919. The number of rotatable bonds is 43. The maximum Gasteiger partial charge on any atom is 0.308 e. The fourth-order valence-corrected chi connectivity index (χ4v) is 9.84. The van der Waals surface area contributed by atoms with Crippen molar-refractivity contribution in [2.45, 2.75) is 313 Å². The normalized spacial score (nSPS) is 17.0. The van der Waals surface area contributed by atoms with Crippen molar-refractivity contribution in [1.82, 2.24) is 4.90 Å². The summed E-state index contributed by atoms with van der Waals surface area (Å²) in [5.74, 6) is 4.87. The second-order valence-electron chi connectivity index (χ2n) is 21.4. The van der Waals surface area contributed by atoms with Crippen molar-refractivity contribution in [3.63, 3.8) is 0 Å². The monoisotopic (exact) mass is 942 g/mol. The first-order valence-corrected chi connectivity index (χ1v) is 30.5. The third-order valence-corrected chi connectivity index (χ3v) is 14.5. The number of hydrogen-bond donors (Lipinski definition) is 0. The summed E-state index contributed by atoms with van der Waals surface area (Å²) in [4.78, 5) is 16.0. The van der Waals surface area contributed by atoms with Crippen LogP contribution in [0.3, 0.4) is 0 Å². The maximum atomic E-state index is 13.3. The lowest BCUT2D eigenvalue weighted by molar-refractivity contribution is -0.149. The zero-order valence-electron chi connectivity index (χ0n) is 47.0. The number of hydrogen-bond acceptors (Lipinski definition) is 5. The molecule has 4 atom stereocenters. The molecule has 2 saturated carbocycles. The second-order valence-corrected chi connectivity index (χ2v) is 21.4. The van der Waals surface area contributed by atoms with Crippen LogP contribution in [0.4, 0.5) is 0 Å². The van der Waals surface area contributed by atoms with E-state index < -0.39 is 0 Å². The highest BCUT2D eigenvalue weighted by molar-refractivity contribution is 5.72. The van der Waals surface area contributed by atoms with Crippen molar-refractivity contribution in [1.29, 1.82) is 0 Å². The summed E-state index contributed by atoms with van der Waals surface area (Å²) in [5.41, 5.74) is 3.18. The SMILES string of the molecule is CCC.CCCC.CCCCCCCCC(CCCCCC)C(=O)OCCCCC1CN(C(OCCCC)=C2CC2)CC1CCCCOC(=C1CC1)C(CCCCCC)CCCCCCCC. The van der Waals surface area contributed by atoms with Gasteiger partial charge in [-0.15, -0.1) is 0 Å². The fourth-order valence-electron chi connectivity index (χ4n) is 9.84. The van der Waals surface area contributed by atoms with Gasteiger partial charge in [0.05, 0.1) is 31.5 Å². The van der Waals surface area contributed by atoms with Gasteiger partial charge in [-0.25, -0.2) is 0 Å². The van der Waals surface area contributed by atoms with Gasteiger partial charge in [0.1, 0.15) is 0 Å². The molecule has 0 aromatic rings. The first-order valence-electron chi connectivity index (χ1n) is 30.5. The van der Waals surface area contributed by atoms with Gasteiger partial charge < -0.3 is 19.1 Å². The average molecular weight is 943 g/mol. The Bertz CT molecular complexity index is 1160. The largest absolute Gasteiger partial charge is 0.498 e. The first kappa shape index (κ1) is 63.4. The molecule has 0 spiro atoms. The molecule has 1 aliphatic heterocycles. The molecule has 3 fully saturated rings. The zero-order chi connectivity index (χ0) is 49.0. The Morgan fingerprint density at radius 2 is 0.791 bits per heavy atom. The molecule has 0 N–H and O–H groups in total. The van der Waals surface area contributed by atoms with Crippen LogP contribution in [0.25, 0.3) is 0 Å². The van der Waals surface area contributed by atoms with Crippen LogP contribution in [-0.2, 0) is 19.0 Å². The molecule has 0 amide bonds. The third kappa shape index (κ3) is 33.6. The molecule has 2 aliphatic carbocycles. The molecule has 1 heterocycles. The van der Waals surface area contributed by atoms with Crippen molar-refractivity contribution in [3.8, 4) is 0 Å². The van der Waals surface area contributed by atoms with Gasteiger partial charge in [-0.05, 0) is 119 Å². The van der Waals surface area contributed by atoms with Gasteiger partial charge in [-0.3, -0.25) is 4.79 Å². The number of esters is 1. The van der Waals surface area contributed by atoms with Crippen molar-refractivity contribution in [3.05, 3.63) is 22.8 Å². The van der Waals surface area contributed by atoms with E-state index in [-0.39, 0.29) is 11.9 Å². The molecule has 1 saturated heterocycles. The van der Waals surface area contributed by atoms with Gasteiger partial charge in [0, 0.05) is 19.0 Å². The molecular formula is C62H119NO4. The second kappa shape index (κ2) is 45.5. The number of carbonyl (C=O) groups excluding carboxylic acids is 1. The maximum absolute atomic E-state index is 13.3. The summed E-state index contributed by atoms with van der Waals surface area (Å²) >= 11 is 0. The number of carbonyl (C=O) groups is 1. The average Bonchev–Trinajstić information content (AvgIpc) is 4.29. The van der Waals surface area contributed by atoms with Gasteiger partial charge in [0.2, 0.25) is 0 Å². The number of ether oxygens (including phenoxy) is 3. The van der Waals surface area contributed by atoms with Crippen LogP contribution in [0.5, 0.6) is 0 Å². The Balaban J connectivity index is 0.00000299.